The molecule has 17 heavy (non-hydrogen) atoms. The number of benzene rings is 1. The molecule has 1 N–H and O–H groups in total. The van der Waals surface area contributed by atoms with Crippen LogP contribution in [0.5, 0.6) is 0 Å². The van der Waals surface area contributed by atoms with E-state index in [4.69, 9.17) is 0 Å². The molecule has 94 valence electrons. The second-order valence-corrected chi connectivity index (χ2v) is 4.94. The van der Waals surface area contributed by atoms with Crippen LogP contribution in [0.15, 0.2) is 16.6 Å². The van der Waals surface area contributed by atoms with Gasteiger partial charge in [-0.25, -0.2) is 4.39 Å². The van der Waals surface area contributed by atoms with Crippen molar-refractivity contribution in [1.29, 1.82) is 0 Å². The molecule has 0 spiro atoms. The summed E-state index contributed by atoms with van der Waals surface area (Å²) in [5.41, 5.74) is 1.39. The molecule has 0 atom stereocenters. The Morgan fingerprint density at radius 1 is 1.41 bits per heavy atom. The van der Waals surface area contributed by atoms with Crippen molar-refractivity contribution >= 4 is 27.5 Å². The minimum absolute atomic E-state index is 0.00314. The number of hydrogen-bond acceptors (Lipinski definition) is 1. The van der Waals surface area contributed by atoms with Crippen LogP contribution in [0.4, 0.5) is 10.1 Å². The average molecular weight is 302 g/mol. The van der Waals surface area contributed by atoms with Crippen LogP contribution in [0.1, 0.15) is 32.3 Å². The Bertz CT molecular complexity index is 416. The summed E-state index contributed by atoms with van der Waals surface area (Å²) >= 11 is 3.12. The maximum atomic E-state index is 13.2. The zero-order valence-corrected chi connectivity index (χ0v) is 11.9. The molecular formula is C13H17BrFNO. The summed E-state index contributed by atoms with van der Waals surface area (Å²) in [6.07, 6.45) is 1.62. The van der Waals surface area contributed by atoms with Crippen LogP contribution in [0.3, 0.4) is 0 Å². The average Bonchev–Trinajstić information content (AvgIpc) is 2.27. The lowest BCUT2D eigenvalue weighted by atomic mass is 10.0. The zero-order valence-electron chi connectivity index (χ0n) is 10.3. The van der Waals surface area contributed by atoms with Crippen LogP contribution in [-0.2, 0) is 4.79 Å². The number of amides is 1. The third kappa shape index (κ3) is 3.53. The molecular weight excluding hydrogens is 285 g/mol. The van der Waals surface area contributed by atoms with Gasteiger partial charge in [-0.1, -0.05) is 13.8 Å². The zero-order chi connectivity index (χ0) is 13.0. The normalized spacial score (nSPS) is 10.7. The van der Waals surface area contributed by atoms with Crippen molar-refractivity contribution in [2.75, 3.05) is 5.32 Å². The predicted molar refractivity (Wildman–Crippen MR) is 71.5 cm³/mol. The lowest BCUT2D eigenvalue weighted by Gasteiger charge is -2.14. The van der Waals surface area contributed by atoms with E-state index in [0.717, 1.165) is 18.4 Å². The molecule has 1 amide bonds. The highest BCUT2D eigenvalue weighted by molar-refractivity contribution is 9.10. The van der Waals surface area contributed by atoms with E-state index in [-0.39, 0.29) is 17.6 Å². The number of halogens is 2. The summed E-state index contributed by atoms with van der Waals surface area (Å²) in [6, 6.07) is 3.01. The quantitative estimate of drug-likeness (QED) is 0.884. The molecule has 0 aromatic heterocycles. The highest BCUT2D eigenvalue weighted by Gasteiger charge is 2.15. The number of hydrogen-bond donors (Lipinski definition) is 1. The van der Waals surface area contributed by atoms with Gasteiger partial charge in [0.15, 0.2) is 0 Å². The number of nitrogens with one attached hydrogen (secondary N) is 1. The lowest BCUT2D eigenvalue weighted by Crippen LogP contribution is -2.22. The maximum Gasteiger partial charge on any atom is 0.227 e. The van der Waals surface area contributed by atoms with Gasteiger partial charge in [0.25, 0.3) is 0 Å². The van der Waals surface area contributed by atoms with Gasteiger partial charge in [-0.15, -0.1) is 0 Å². The van der Waals surface area contributed by atoms with Gasteiger partial charge < -0.3 is 5.32 Å². The number of carbonyl (C=O) groups is 1. The third-order valence-corrected chi connectivity index (χ3v) is 3.49. The molecule has 0 fully saturated rings. The number of aryl methyl sites for hydroxylation is 1. The first kappa shape index (κ1) is 14.2. The lowest BCUT2D eigenvalue weighted by molar-refractivity contribution is -0.120. The van der Waals surface area contributed by atoms with Gasteiger partial charge in [-0.2, -0.15) is 0 Å². The van der Waals surface area contributed by atoms with Crippen LogP contribution in [0, 0.1) is 18.7 Å². The number of carbonyl (C=O) groups excluding carboxylic acids is 1. The monoisotopic (exact) mass is 301 g/mol. The molecule has 1 aromatic rings. The molecule has 1 rings (SSSR count). The second-order valence-electron chi connectivity index (χ2n) is 4.08. The van der Waals surface area contributed by atoms with Gasteiger partial charge in [0, 0.05) is 11.6 Å². The Labute approximate surface area is 110 Å². The van der Waals surface area contributed by atoms with Gasteiger partial charge >= 0.3 is 0 Å². The van der Waals surface area contributed by atoms with Crippen molar-refractivity contribution in [3.63, 3.8) is 0 Å². The first-order valence-corrected chi connectivity index (χ1v) is 6.55. The summed E-state index contributed by atoms with van der Waals surface area (Å²) in [6.45, 7) is 5.75. The van der Waals surface area contributed by atoms with Crippen LogP contribution in [0.2, 0.25) is 0 Å². The summed E-state index contributed by atoms with van der Waals surface area (Å²) in [5, 5.41) is 2.84. The van der Waals surface area contributed by atoms with Crippen molar-refractivity contribution in [3.05, 3.63) is 28.0 Å². The fourth-order valence-corrected chi connectivity index (χ4v) is 2.02. The maximum absolute atomic E-state index is 13.2. The molecule has 1 aromatic carbocycles. The fraction of sp³-hybridized carbons (Fsp3) is 0.462. The number of rotatable bonds is 4. The summed E-state index contributed by atoms with van der Waals surface area (Å²) in [7, 11) is 0. The van der Waals surface area contributed by atoms with E-state index in [9.17, 15) is 9.18 Å². The summed E-state index contributed by atoms with van der Waals surface area (Å²) < 4.78 is 13.6. The molecule has 2 nitrogen and oxygen atoms in total. The Morgan fingerprint density at radius 2 is 2.00 bits per heavy atom. The standard InChI is InChI=1S/C13H17BrFNO/c1-4-9(5-2)13(17)16-12-7-10(14)11(15)6-8(12)3/h6-7,9H,4-5H2,1-3H3,(H,16,17). The van der Waals surface area contributed by atoms with E-state index in [0.29, 0.717) is 10.2 Å². The Balaban J connectivity index is 2.88. The minimum atomic E-state index is -0.317. The minimum Gasteiger partial charge on any atom is -0.326 e. The topological polar surface area (TPSA) is 29.1 Å². The SMILES string of the molecule is CCC(CC)C(=O)Nc1cc(Br)c(F)cc1C. The molecule has 0 aliphatic heterocycles. The smallest absolute Gasteiger partial charge is 0.227 e. The molecule has 0 aliphatic rings. The molecule has 0 radical (unpaired) electrons. The molecule has 4 heteroatoms. The van der Waals surface area contributed by atoms with Crippen molar-refractivity contribution in [2.45, 2.75) is 33.6 Å². The van der Waals surface area contributed by atoms with Crippen LogP contribution < -0.4 is 5.32 Å². The molecule has 0 bridgehead atoms. The summed E-state index contributed by atoms with van der Waals surface area (Å²) in [5.74, 6) is -0.308. The molecule has 0 saturated carbocycles. The Morgan fingerprint density at radius 3 is 2.53 bits per heavy atom. The predicted octanol–water partition coefficient (Wildman–Crippen LogP) is 4.27. The van der Waals surface area contributed by atoms with Gasteiger partial charge in [0.05, 0.1) is 4.47 Å². The molecule has 0 unspecified atom stereocenters. The highest BCUT2D eigenvalue weighted by atomic mass is 79.9. The fourth-order valence-electron chi connectivity index (χ4n) is 1.68. The third-order valence-electron chi connectivity index (χ3n) is 2.88. The first-order valence-electron chi connectivity index (χ1n) is 5.76. The van der Waals surface area contributed by atoms with Crippen LogP contribution in [-0.4, -0.2) is 5.91 Å². The number of anilines is 1. The van der Waals surface area contributed by atoms with E-state index in [2.05, 4.69) is 21.2 Å². The molecule has 0 heterocycles. The summed E-state index contributed by atoms with van der Waals surface area (Å²) in [4.78, 5) is 11.9. The van der Waals surface area contributed by atoms with Crippen molar-refractivity contribution in [3.8, 4) is 0 Å². The van der Waals surface area contributed by atoms with Crippen LogP contribution in [0.25, 0.3) is 0 Å². The van der Waals surface area contributed by atoms with Gasteiger partial charge in [0.2, 0.25) is 5.91 Å². The van der Waals surface area contributed by atoms with Crippen molar-refractivity contribution in [1.82, 2.24) is 0 Å². The van der Waals surface area contributed by atoms with E-state index in [1.165, 1.54) is 6.07 Å². The van der Waals surface area contributed by atoms with Gasteiger partial charge in [-0.05, 0) is 53.4 Å². The highest BCUT2D eigenvalue weighted by Crippen LogP contribution is 2.25. The van der Waals surface area contributed by atoms with E-state index in [1.807, 2.05) is 13.8 Å². The van der Waals surface area contributed by atoms with Gasteiger partial charge in [0.1, 0.15) is 5.82 Å². The van der Waals surface area contributed by atoms with Crippen LogP contribution >= 0.6 is 15.9 Å². The van der Waals surface area contributed by atoms with Gasteiger partial charge in [-0.3, -0.25) is 4.79 Å². The Kier molecular flexibility index (Phi) is 5.12. The Hall–Kier alpha value is -0.900. The van der Waals surface area contributed by atoms with Crippen molar-refractivity contribution in [2.24, 2.45) is 5.92 Å². The van der Waals surface area contributed by atoms with E-state index in [1.54, 1.807) is 13.0 Å². The second kappa shape index (κ2) is 6.15. The molecule has 0 aliphatic carbocycles. The van der Waals surface area contributed by atoms with E-state index < -0.39 is 0 Å². The largest absolute Gasteiger partial charge is 0.326 e. The van der Waals surface area contributed by atoms with Crippen molar-refractivity contribution < 1.29 is 9.18 Å². The molecule has 0 saturated heterocycles. The first-order chi connectivity index (χ1) is 7.99. The van der Waals surface area contributed by atoms with E-state index >= 15 is 0 Å².